The van der Waals surface area contributed by atoms with Crippen LogP contribution in [0.15, 0.2) is 18.2 Å². The lowest BCUT2D eigenvalue weighted by Gasteiger charge is -2.31. The first-order valence-electron chi connectivity index (χ1n) is 6.67. The van der Waals surface area contributed by atoms with E-state index in [9.17, 15) is 18.4 Å². The highest BCUT2D eigenvalue weighted by atomic mass is 19.1. The molecule has 1 heterocycles. The summed E-state index contributed by atoms with van der Waals surface area (Å²) in [6.07, 6.45) is 1.50. The van der Waals surface area contributed by atoms with Crippen molar-refractivity contribution in [3.63, 3.8) is 0 Å². The van der Waals surface area contributed by atoms with Gasteiger partial charge in [0.1, 0.15) is 11.6 Å². The van der Waals surface area contributed by atoms with Crippen LogP contribution in [0.5, 0.6) is 0 Å². The van der Waals surface area contributed by atoms with E-state index in [4.69, 9.17) is 5.11 Å². The summed E-state index contributed by atoms with van der Waals surface area (Å²) in [6.45, 7) is 0.682. The predicted molar refractivity (Wildman–Crippen MR) is 71.4 cm³/mol. The number of aliphatic hydroxyl groups excluding tert-OH is 1. The van der Waals surface area contributed by atoms with Gasteiger partial charge in [-0.2, -0.15) is 0 Å². The molecule has 1 atom stereocenters. The molecule has 0 saturated carbocycles. The standard InChI is InChI=1S/C14H16F2N2O3/c15-10-3-4-12(11(16)6-10)17-13(20)14(21)18-5-1-2-9(7-18)8-19/h3-4,6,9,19H,1-2,5,7-8H2,(H,17,20). The van der Waals surface area contributed by atoms with Gasteiger partial charge in [-0.1, -0.05) is 0 Å². The van der Waals surface area contributed by atoms with Crippen molar-refractivity contribution in [3.05, 3.63) is 29.8 Å². The number of piperidine rings is 1. The Kier molecular flexibility index (Phi) is 4.85. The van der Waals surface area contributed by atoms with E-state index in [0.29, 0.717) is 25.6 Å². The minimum absolute atomic E-state index is 0.0435. The van der Waals surface area contributed by atoms with E-state index < -0.39 is 23.4 Å². The van der Waals surface area contributed by atoms with Crippen LogP contribution in [0.1, 0.15) is 12.8 Å². The monoisotopic (exact) mass is 298 g/mol. The van der Waals surface area contributed by atoms with Crippen molar-refractivity contribution in [2.75, 3.05) is 25.0 Å². The minimum Gasteiger partial charge on any atom is -0.396 e. The number of nitrogens with zero attached hydrogens (tertiary/aromatic N) is 1. The van der Waals surface area contributed by atoms with Crippen molar-refractivity contribution in [1.82, 2.24) is 4.90 Å². The molecule has 1 aliphatic rings. The van der Waals surface area contributed by atoms with Gasteiger partial charge in [0.05, 0.1) is 5.69 Å². The SMILES string of the molecule is O=C(Nc1ccc(F)cc1F)C(=O)N1CCCC(CO)C1. The minimum atomic E-state index is -0.973. The molecule has 2 rings (SSSR count). The zero-order valence-corrected chi connectivity index (χ0v) is 11.3. The molecule has 5 nitrogen and oxygen atoms in total. The molecule has 1 saturated heterocycles. The number of anilines is 1. The van der Waals surface area contributed by atoms with E-state index in [1.165, 1.54) is 4.90 Å². The number of hydrogen-bond acceptors (Lipinski definition) is 3. The fourth-order valence-corrected chi connectivity index (χ4v) is 2.31. The van der Waals surface area contributed by atoms with Crippen molar-refractivity contribution in [1.29, 1.82) is 0 Å². The van der Waals surface area contributed by atoms with E-state index in [0.717, 1.165) is 18.6 Å². The van der Waals surface area contributed by atoms with E-state index in [-0.39, 0.29) is 18.2 Å². The van der Waals surface area contributed by atoms with Crippen LogP contribution >= 0.6 is 0 Å². The first-order chi connectivity index (χ1) is 10.0. The van der Waals surface area contributed by atoms with Gasteiger partial charge < -0.3 is 15.3 Å². The number of likely N-dealkylation sites (tertiary alicyclic amines) is 1. The van der Waals surface area contributed by atoms with Crippen LogP contribution in [0.3, 0.4) is 0 Å². The van der Waals surface area contributed by atoms with Crippen LogP contribution < -0.4 is 5.32 Å². The molecule has 1 unspecified atom stereocenters. The van der Waals surface area contributed by atoms with Gasteiger partial charge in [-0.15, -0.1) is 0 Å². The summed E-state index contributed by atoms with van der Waals surface area (Å²) in [5, 5.41) is 11.2. The van der Waals surface area contributed by atoms with Crippen LogP contribution in [-0.2, 0) is 9.59 Å². The van der Waals surface area contributed by atoms with Crippen LogP contribution in [-0.4, -0.2) is 41.5 Å². The number of carbonyl (C=O) groups is 2. The first-order valence-corrected chi connectivity index (χ1v) is 6.67. The average Bonchev–Trinajstić information content (AvgIpc) is 2.49. The van der Waals surface area contributed by atoms with Crippen LogP contribution in [0, 0.1) is 17.6 Å². The van der Waals surface area contributed by atoms with Gasteiger partial charge in [0.25, 0.3) is 0 Å². The van der Waals surface area contributed by atoms with Crippen molar-refractivity contribution in [3.8, 4) is 0 Å². The lowest BCUT2D eigenvalue weighted by atomic mass is 9.99. The Hall–Kier alpha value is -2.02. The van der Waals surface area contributed by atoms with E-state index in [1.54, 1.807) is 0 Å². The second-order valence-corrected chi connectivity index (χ2v) is 5.02. The zero-order valence-electron chi connectivity index (χ0n) is 11.3. The van der Waals surface area contributed by atoms with Gasteiger partial charge >= 0.3 is 11.8 Å². The summed E-state index contributed by atoms with van der Waals surface area (Å²) in [7, 11) is 0. The molecular formula is C14H16F2N2O3. The molecule has 2 amide bonds. The smallest absolute Gasteiger partial charge is 0.313 e. The van der Waals surface area contributed by atoms with Crippen LogP contribution in [0.4, 0.5) is 14.5 Å². The van der Waals surface area contributed by atoms with Crippen molar-refractivity contribution in [2.45, 2.75) is 12.8 Å². The topological polar surface area (TPSA) is 69.6 Å². The van der Waals surface area contributed by atoms with E-state index in [1.807, 2.05) is 0 Å². The molecule has 0 radical (unpaired) electrons. The van der Waals surface area contributed by atoms with Crippen LogP contribution in [0.25, 0.3) is 0 Å². The Balaban J connectivity index is 2.00. The van der Waals surface area contributed by atoms with Gasteiger partial charge in [0.2, 0.25) is 0 Å². The number of benzene rings is 1. The normalized spacial score (nSPS) is 18.4. The number of nitrogens with one attached hydrogen (secondary N) is 1. The molecular weight excluding hydrogens is 282 g/mol. The number of aliphatic hydroxyl groups is 1. The Morgan fingerprint density at radius 1 is 1.38 bits per heavy atom. The Morgan fingerprint density at radius 3 is 2.81 bits per heavy atom. The molecule has 7 heteroatoms. The molecule has 1 aromatic carbocycles. The first kappa shape index (κ1) is 15.4. The molecule has 0 spiro atoms. The Bertz CT molecular complexity index is 551. The summed E-state index contributed by atoms with van der Waals surface area (Å²) >= 11 is 0. The number of halogens is 2. The van der Waals surface area contributed by atoms with Crippen LogP contribution in [0.2, 0.25) is 0 Å². The van der Waals surface area contributed by atoms with Gasteiger partial charge in [-0.3, -0.25) is 9.59 Å². The van der Waals surface area contributed by atoms with Gasteiger partial charge in [-0.05, 0) is 30.9 Å². The van der Waals surface area contributed by atoms with Gasteiger partial charge in [0.15, 0.2) is 0 Å². The Labute approximate surface area is 120 Å². The number of carbonyl (C=O) groups excluding carboxylic acids is 2. The largest absolute Gasteiger partial charge is 0.396 e. The fraction of sp³-hybridized carbons (Fsp3) is 0.429. The summed E-state index contributed by atoms with van der Waals surface area (Å²) in [5.41, 5.74) is -0.245. The zero-order chi connectivity index (χ0) is 15.4. The summed E-state index contributed by atoms with van der Waals surface area (Å²) in [6, 6.07) is 2.68. The summed E-state index contributed by atoms with van der Waals surface area (Å²) in [5.74, 6) is -3.50. The average molecular weight is 298 g/mol. The molecule has 1 fully saturated rings. The molecule has 1 aliphatic heterocycles. The highest BCUT2D eigenvalue weighted by molar-refractivity contribution is 6.39. The second kappa shape index (κ2) is 6.62. The number of hydrogen-bond donors (Lipinski definition) is 2. The molecule has 21 heavy (non-hydrogen) atoms. The number of amides is 2. The number of rotatable bonds is 2. The van der Waals surface area contributed by atoms with Gasteiger partial charge in [-0.25, -0.2) is 8.78 Å². The third-order valence-electron chi connectivity index (χ3n) is 3.44. The summed E-state index contributed by atoms with van der Waals surface area (Å²) < 4.78 is 26.2. The van der Waals surface area contributed by atoms with Crippen molar-refractivity contribution in [2.24, 2.45) is 5.92 Å². The van der Waals surface area contributed by atoms with E-state index >= 15 is 0 Å². The molecule has 0 aromatic heterocycles. The second-order valence-electron chi connectivity index (χ2n) is 5.02. The molecule has 0 bridgehead atoms. The van der Waals surface area contributed by atoms with Crippen molar-refractivity contribution < 1.29 is 23.5 Å². The highest BCUT2D eigenvalue weighted by Crippen LogP contribution is 2.18. The lowest BCUT2D eigenvalue weighted by molar-refractivity contribution is -0.144. The molecule has 114 valence electrons. The predicted octanol–water partition coefficient (Wildman–Crippen LogP) is 1.13. The molecule has 2 N–H and O–H groups in total. The van der Waals surface area contributed by atoms with E-state index in [2.05, 4.69) is 5.32 Å². The van der Waals surface area contributed by atoms with Crippen molar-refractivity contribution >= 4 is 17.5 Å². The maximum absolute atomic E-state index is 13.4. The summed E-state index contributed by atoms with van der Waals surface area (Å²) in [4.78, 5) is 25.1. The third-order valence-corrected chi connectivity index (χ3v) is 3.44. The fourth-order valence-electron chi connectivity index (χ4n) is 2.31. The molecule has 1 aromatic rings. The third kappa shape index (κ3) is 3.75. The lowest BCUT2D eigenvalue weighted by Crippen LogP contribution is -2.46. The van der Waals surface area contributed by atoms with Gasteiger partial charge in [0, 0.05) is 25.8 Å². The molecule has 0 aliphatic carbocycles. The Morgan fingerprint density at radius 2 is 2.14 bits per heavy atom. The highest BCUT2D eigenvalue weighted by Gasteiger charge is 2.27. The maximum Gasteiger partial charge on any atom is 0.313 e. The maximum atomic E-state index is 13.4. The quantitative estimate of drug-likeness (QED) is 0.804.